The number of aromatic nitrogens is 1. The second-order valence-electron chi connectivity index (χ2n) is 5.50. The molecule has 0 atom stereocenters. The summed E-state index contributed by atoms with van der Waals surface area (Å²) in [7, 11) is -3.62. The van der Waals surface area contributed by atoms with Crippen molar-refractivity contribution in [2.24, 2.45) is 0 Å². The molecule has 0 bridgehead atoms. The van der Waals surface area contributed by atoms with E-state index >= 15 is 0 Å². The van der Waals surface area contributed by atoms with E-state index in [1.807, 2.05) is 24.3 Å². The first kappa shape index (κ1) is 17.8. The molecule has 7 heteroatoms. The lowest BCUT2D eigenvalue weighted by molar-refractivity contribution is 0.102. The molecule has 1 heterocycles. The zero-order valence-electron chi connectivity index (χ0n) is 13.8. The third-order valence-electron chi connectivity index (χ3n) is 3.73. The van der Waals surface area contributed by atoms with Gasteiger partial charge in [0.1, 0.15) is 0 Å². The molecule has 0 aliphatic carbocycles. The number of amides is 1. The van der Waals surface area contributed by atoms with E-state index in [9.17, 15) is 13.2 Å². The Hall–Kier alpha value is -3.03. The van der Waals surface area contributed by atoms with Crippen molar-refractivity contribution in [3.05, 3.63) is 79.0 Å². The van der Waals surface area contributed by atoms with Crippen molar-refractivity contribution >= 4 is 32.5 Å². The normalized spacial score (nSPS) is 11.2. The van der Waals surface area contributed by atoms with E-state index in [-0.39, 0.29) is 17.3 Å². The summed E-state index contributed by atoms with van der Waals surface area (Å²) < 4.78 is 26.5. The van der Waals surface area contributed by atoms with Crippen LogP contribution in [0.3, 0.4) is 0 Å². The van der Waals surface area contributed by atoms with Crippen LogP contribution in [-0.2, 0) is 10.0 Å². The van der Waals surface area contributed by atoms with E-state index in [2.05, 4.69) is 21.6 Å². The fraction of sp³-hybridized carbons (Fsp3) is 0.0526. The van der Waals surface area contributed by atoms with Crippen molar-refractivity contribution in [3.63, 3.8) is 0 Å². The topological polar surface area (TPSA) is 88.2 Å². The molecule has 2 aromatic carbocycles. The van der Waals surface area contributed by atoms with E-state index in [1.165, 1.54) is 30.3 Å². The molecule has 26 heavy (non-hydrogen) atoms. The van der Waals surface area contributed by atoms with Crippen molar-refractivity contribution in [1.29, 1.82) is 0 Å². The van der Waals surface area contributed by atoms with Crippen LogP contribution in [0.5, 0.6) is 0 Å². The highest BCUT2D eigenvalue weighted by atomic mass is 32.2. The zero-order chi connectivity index (χ0) is 18.6. The van der Waals surface area contributed by atoms with Crippen LogP contribution in [0.2, 0.25) is 0 Å². The van der Waals surface area contributed by atoms with Crippen LogP contribution >= 0.6 is 0 Å². The number of carbonyl (C=O) groups is 1. The predicted octanol–water partition coefficient (Wildman–Crippen LogP) is 2.95. The number of pyridine rings is 1. The molecule has 2 N–H and O–H groups in total. The van der Waals surface area contributed by atoms with Crippen LogP contribution in [0.1, 0.15) is 10.4 Å². The Morgan fingerprint density at radius 2 is 1.81 bits per heavy atom. The second-order valence-corrected chi connectivity index (χ2v) is 7.27. The fourth-order valence-corrected chi connectivity index (χ4v) is 3.44. The van der Waals surface area contributed by atoms with Crippen molar-refractivity contribution in [3.8, 4) is 0 Å². The van der Waals surface area contributed by atoms with Gasteiger partial charge in [-0.15, -0.1) is 6.58 Å². The van der Waals surface area contributed by atoms with Crippen molar-refractivity contribution in [1.82, 2.24) is 9.71 Å². The van der Waals surface area contributed by atoms with Crippen LogP contribution in [0, 0.1) is 0 Å². The van der Waals surface area contributed by atoms with Crippen LogP contribution in [0.25, 0.3) is 10.9 Å². The summed E-state index contributed by atoms with van der Waals surface area (Å²) in [6.07, 6.45) is 3.12. The van der Waals surface area contributed by atoms with Gasteiger partial charge in [-0.3, -0.25) is 9.78 Å². The first-order chi connectivity index (χ1) is 12.5. The minimum Gasteiger partial charge on any atom is -0.320 e. The molecule has 0 saturated carbocycles. The average molecular weight is 367 g/mol. The summed E-state index contributed by atoms with van der Waals surface area (Å²) in [6, 6.07) is 15.0. The Bertz CT molecular complexity index is 1060. The number of anilines is 1. The summed E-state index contributed by atoms with van der Waals surface area (Å²) in [5.41, 5.74) is 1.63. The summed E-state index contributed by atoms with van der Waals surface area (Å²) in [5.74, 6) is -0.342. The first-order valence-corrected chi connectivity index (χ1v) is 9.35. The molecule has 0 aliphatic heterocycles. The van der Waals surface area contributed by atoms with Gasteiger partial charge in [0.05, 0.1) is 16.1 Å². The van der Waals surface area contributed by atoms with Gasteiger partial charge < -0.3 is 5.32 Å². The van der Waals surface area contributed by atoms with E-state index in [1.54, 1.807) is 12.3 Å². The van der Waals surface area contributed by atoms with Crippen molar-refractivity contribution in [2.45, 2.75) is 4.90 Å². The molecule has 0 aliphatic rings. The van der Waals surface area contributed by atoms with Crippen LogP contribution < -0.4 is 10.0 Å². The number of fused-ring (bicyclic) bond motifs is 1. The largest absolute Gasteiger partial charge is 0.320 e. The lowest BCUT2D eigenvalue weighted by atomic mass is 10.1. The van der Waals surface area contributed by atoms with Crippen molar-refractivity contribution < 1.29 is 13.2 Å². The first-order valence-electron chi connectivity index (χ1n) is 7.87. The standard InChI is InChI=1S/C19H17N3O3S/c1-2-12-21-26(24,25)16-10-8-15(9-11-16)19(23)22-17-7-3-5-14-6-4-13-20-18(14)17/h2-11,13,21H,1,12H2,(H,22,23). The van der Waals surface area contributed by atoms with E-state index in [4.69, 9.17) is 0 Å². The Labute approximate surface area is 151 Å². The molecule has 1 amide bonds. The van der Waals surface area contributed by atoms with Gasteiger partial charge in [-0.1, -0.05) is 24.3 Å². The average Bonchev–Trinajstić information content (AvgIpc) is 2.67. The number of carbonyl (C=O) groups excluding carboxylic acids is 1. The Morgan fingerprint density at radius 3 is 2.54 bits per heavy atom. The smallest absolute Gasteiger partial charge is 0.255 e. The van der Waals surface area contributed by atoms with Gasteiger partial charge in [0, 0.05) is 23.7 Å². The number of sulfonamides is 1. The minimum atomic E-state index is -3.62. The Balaban J connectivity index is 1.81. The minimum absolute atomic E-state index is 0.0859. The molecule has 0 saturated heterocycles. The van der Waals surface area contributed by atoms with E-state index in [0.717, 1.165) is 5.39 Å². The van der Waals surface area contributed by atoms with Crippen LogP contribution in [0.15, 0.2) is 78.3 Å². The maximum absolute atomic E-state index is 12.5. The molecular formula is C19H17N3O3S. The fourth-order valence-electron chi connectivity index (χ4n) is 2.44. The van der Waals surface area contributed by atoms with Crippen molar-refractivity contribution in [2.75, 3.05) is 11.9 Å². The summed E-state index contributed by atoms with van der Waals surface area (Å²) in [4.78, 5) is 16.9. The van der Waals surface area contributed by atoms with Gasteiger partial charge in [-0.05, 0) is 36.4 Å². The molecule has 0 radical (unpaired) electrons. The predicted molar refractivity (Wildman–Crippen MR) is 102 cm³/mol. The number of rotatable bonds is 6. The van der Waals surface area contributed by atoms with E-state index in [0.29, 0.717) is 16.8 Å². The molecular weight excluding hydrogens is 350 g/mol. The number of nitrogens with one attached hydrogen (secondary N) is 2. The van der Waals surface area contributed by atoms with Gasteiger partial charge in [-0.2, -0.15) is 0 Å². The maximum Gasteiger partial charge on any atom is 0.255 e. The second kappa shape index (κ2) is 7.47. The van der Waals surface area contributed by atoms with Gasteiger partial charge in [0.25, 0.3) is 5.91 Å². The monoisotopic (exact) mass is 367 g/mol. The number of nitrogens with zero attached hydrogens (tertiary/aromatic N) is 1. The van der Waals surface area contributed by atoms with Gasteiger partial charge >= 0.3 is 0 Å². The van der Waals surface area contributed by atoms with E-state index < -0.39 is 10.0 Å². The third-order valence-corrected chi connectivity index (χ3v) is 5.16. The number of benzene rings is 2. The summed E-state index contributed by atoms with van der Waals surface area (Å²) in [5, 5.41) is 3.73. The molecule has 0 spiro atoms. The number of hydrogen-bond donors (Lipinski definition) is 2. The van der Waals surface area contributed by atoms with Crippen LogP contribution in [0.4, 0.5) is 5.69 Å². The Kier molecular flexibility index (Phi) is 5.11. The maximum atomic E-state index is 12.5. The highest BCUT2D eigenvalue weighted by molar-refractivity contribution is 7.89. The third kappa shape index (κ3) is 3.79. The SMILES string of the molecule is C=CCNS(=O)(=O)c1ccc(C(=O)Nc2cccc3cccnc23)cc1. The van der Waals surface area contributed by atoms with Gasteiger partial charge in [0.2, 0.25) is 10.0 Å². The molecule has 0 fully saturated rings. The number of hydrogen-bond acceptors (Lipinski definition) is 4. The Morgan fingerprint density at radius 1 is 1.08 bits per heavy atom. The summed E-state index contributed by atoms with van der Waals surface area (Å²) >= 11 is 0. The van der Waals surface area contributed by atoms with Gasteiger partial charge in [-0.25, -0.2) is 13.1 Å². The molecule has 6 nitrogen and oxygen atoms in total. The number of para-hydroxylation sites is 1. The highest BCUT2D eigenvalue weighted by Crippen LogP contribution is 2.21. The molecule has 3 rings (SSSR count). The zero-order valence-corrected chi connectivity index (χ0v) is 14.7. The molecule has 0 unspecified atom stereocenters. The van der Waals surface area contributed by atoms with Crippen LogP contribution in [-0.4, -0.2) is 25.9 Å². The summed E-state index contributed by atoms with van der Waals surface area (Å²) in [6.45, 7) is 3.61. The lowest BCUT2D eigenvalue weighted by Crippen LogP contribution is -2.23. The lowest BCUT2D eigenvalue weighted by Gasteiger charge is -2.09. The molecule has 132 valence electrons. The molecule has 1 aromatic heterocycles. The molecule has 3 aromatic rings. The highest BCUT2D eigenvalue weighted by Gasteiger charge is 2.14. The van der Waals surface area contributed by atoms with Gasteiger partial charge in [0.15, 0.2) is 0 Å². The quantitative estimate of drug-likeness (QED) is 0.656.